The molecule has 0 unspecified atom stereocenters. The summed E-state index contributed by atoms with van der Waals surface area (Å²) in [5, 5.41) is 42.0. The molecule has 7 rings (SSSR count). The van der Waals surface area contributed by atoms with E-state index < -0.39 is 57.3 Å². The highest BCUT2D eigenvalue weighted by Crippen LogP contribution is 2.43. The van der Waals surface area contributed by atoms with Crippen LogP contribution in [0.1, 0.15) is 28.7 Å². The first-order valence-corrected chi connectivity index (χ1v) is 24.8. The fourth-order valence-corrected chi connectivity index (χ4v) is 8.60. The normalized spacial score (nSPS) is 12.5. The maximum atomic E-state index is 12.6. The third kappa shape index (κ3) is 11.7. The number of hydrogen-bond donors (Lipinski definition) is 5. The number of fused-ring (bicyclic) bond motifs is 2. The van der Waals surface area contributed by atoms with E-state index >= 15 is 0 Å². The zero-order valence-corrected chi connectivity index (χ0v) is 39.3. The van der Waals surface area contributed by atoms with Crippen LogP contribution in [0.15, 0.2) is 144 Å². The van der Waals surface area contributed by atoms with Crippen LogP contribution >= 0.6 is 0 Å². The maximum absolute atomic E-state index is 12.6. The summed E-state index contributed by atoms with van der Waals surface area (Å²) in [4.78, 5) is -1.06. The fraction of sp³-hybridized carbons (Fsp3) is 0.174. The van der Waals surface area contributed by atoms with Crippen molar-refractivity contribution in [2.24, 2.45) is 30.7 Å². The average molecular weight is 982 g/mol. The fourth-order valence-electron chi connectivity index (χ4n) is 6.93. The van der Waals surface area contributed by atoms with Crippen molar-refractivity contribution in [3.05, 3.63) is 125 Å². The summed E-state index contributed by atoms with van der Waals surface area (Å²) in [7, 11) is -12.2. The Labute approximate surface area is 391 Å². The molecule has 0 saturated carbocycles. The second kappa shape index (κ2) is 19.6. The minimum Gasteiger partial charge on any atom is -0.505 e. The minimum absolute atomic E-state index is 0.0407. The lowest BCUT2D eigenvalue weighted by molar-refractivity contribution is 0.319. The van der Waals surface area contributed by atoms with Crippen molar-refractivity contribution in [1.29, 1.82) is 0 Å². The van der Waals surface area contributed by atoms with Crippen LogP contribution in [0.5, 0.6) is 17.2 Å². The Morgan fingerprint density at radius 3 is 1.66 bits per heavy atom. The first kappa shape index (κ1) is 48.7. The Bertz CT molecular complexity index is 3570. The Morgan fingerprint density at radius 1 is 0.559 bits per heavy atom. The molecular formula is C46H43N7O12S3. The number of nitrogens with zero attached hydrogens (tertiary/aromatic N) is 6. The predicted octanol–water partition coefficient (Wildman–Crippen LogP) is 12.1. The molecule has 68 heavy (non-hydrogen) atoms. The predicted molar refractivity (Wildman–Crippen MR) is 256 cm³/mol. The Morgan fingerprint density at radius 2 is 1.12 bits per heavy atom. The second-order valence-corrected chi connectivity index (χ2v) is 20.0. The molecule has 0 aliphatic carbocycles. The number of methoxy groups -OCH3 is 1. The lowest BCUT2D eigenvalue weighted by atomic mass is 10.1. The number of rotatable bonds is 16. The molecule has 0 fully saturated rings. The molecule has 0 heterocycles. The van der Waals surface area contributed by atoms with Gasteiger partial charge in [-0.2, -0.15) is 50.8 Å². The van der Waals surface area contributed by atoms with E-state index in [9.17, 15) is 39.5 Å². The molecule has 0 saturated heterocycles. The highest BCUT2D eigenvalue weighted by molar-refractivity contribution is 7.86. The van der Waals surface area contributed by atoms with Crippen molar-refractivity contribution in [2.75, 3.05) is 24.8 Å². The van der Waals surface area contributed by atoms with Gasteiger partial charge >= 0.3 is 0 Å². The first-order valence-electron chi connectivity index (χ1n) is 20.4. The molecule has 22 heteroatoms. The molecule has 0 aliphatic heterocycles. The number of azo groups is 3. The van der Waals surface area contributed by atoms with Crippen LogP contribution in [0.4, 0.5) is 45.5 Å². The van der Waals surface area contributed by atoms with Gasteiger partial charge < -0.3 is 19.9 Å². The zero-order chi connectivity index (χ0) is 49.1. The van der Waals surface area contributed by atoms with Crippen molar-refractivity contribution in [3.8, 4) is 17.2 Å². The molecule has 0 amide bonds. The highest BCUT2D eigenvalue weighted by atomic mass is 32.2. The Hall–Kier alpha value is -7.21. The van der Waals surface area contributed by atoms with Crippen LogP contribution in [-0.2, 0) is 30.4 Å². The zero-order valence-electron chi connectivity index (χ0n) is 36.9. The lowest BCUT2D eigenvalue weighted by Crippen LogP contribution is -2.09. The third-order valence-electron chi connectivity index (χ3n) is 10.5. The monoisotopic (exact) mass is 981 g/mol. The number of phenols is 1. The molecule has 19 nitrogen and oxygen atoms in total. The molecule has 0 bridgehead atoms. The van der Waals surface area contributed by atoms with Gasteiger partial charge in [0, 0.05) is 28.2 Å². The van der Waals surface area contributed by atoms with E-state index in [4.69, 9.17) is 14.0 Å². The quantitative estimate of drug-likeness (QED) is 0.0342. The summed E-state index contributed by atoms with van der Waals surface area (Å²) >= 11 is 0. The van der Waals surface area contributed by atoms with Gasteiger partial charge in [-0.05, 0) is 158 Å². The van der Waals surface area contributed by atoms with E-state index in [1.165, 1.54) is 12.1 Å². The summed E-state index contributed by atoms with van der Waals surface area (Å²) in [6, 6.07) is 27.4. The van der Waals surface area contributed by atoms with Crippen LogP contribution in [-0.4, -0.2) is 63.5 Å². The van der Waals surface area contributed by atoms with Gasteiger partial charge in [0.05, 0.1) is 52.8 Å². The molecule has 7 aromatic rings. The molecular weight excluding hydrogens is 939 g/mol. The molecule has 0 aromatic heterocycles. The van der Waals surface area contributed by atoms with E-state index in [-0.39, 0.29) is 24.2 Å². The van der Waals surface area contributed by atoms with Crippen LogP contribution in [0.25, 0.3) is 21.5 Å². The van der Waals surface area contributed by atoms with Crippen LogP contribution in [0.3, 0.4) is 0 Å². The van der Waals surface area contributed by atoms with Crippen LogP contribution in [0, 0.1) is 27.7 Å². The second-order valence-electron chi connectivity index (χ2n) is 15.6. The highest BCUT2D eigenvalue weighted by Gasteiger charge is 2.23. The van der Waals surface area contributed by atoms with Gasteiger partial charge in [-0.25, -0.2) is 0 Å². The van der Waals surface area contributed by atoms with Gasteiger partial charge in [-0.3, -0.25) is 13.7 Å². The van der Waals surface area contributed by atoms with Gasteiger partial charge in [0.1, 0.15) is 22.1 Å². The van der Waals surface area contributed by atoms with Gasteiger partial charge in [-0.1, -0.05) is 6.07 Å². The summed E-state index contributed by atoms with van der Waals surface area (Å²) < 4.78 is 111. The molecule has 5 N–H and O–H groups in total. The summed E-state index contributed by atoms with van der Waals surface area (Å²) in [6.45, 7) is 6.99. The van der Waals surface area contributed by atoms with Gasteiger partial charge in [0.25, 0.3) is 30.4 Å². The number of nitrogens with one attached hydrogen (secondary N) is 1. The lowest BCUT2D eigenvalue weighted by Gasteiger charge is -2.12. The summed E-state index contributed by atoms with van der Waals surface area (Å²) in [5.41, 5.74) is 5.87. The maximum Gasteiger partial charge on any atom is 0.296 e. The smallest absolute Gasteiger partial charge is 0.296 e. The Balaban J connectivity index is 1.09. The van der Waals surface area contributed by atoms with E-state index in [0.717, 1.165) is 17.3 Å². The SMILES string of the molecule is COc1ccc(Nc2ccc3c(O)c(N=Nc4cc(C)c(N=Nc5cc(C)c(N=Nc6ccc7cc(S(=O)(=O)O)cc(OCCCS(=O)(=O)O)c7c6)cc5C)cc4C)c(S(=O)(=O)O)cc3c2)cc1. The van der Waals surface area contributed by atoms with Crippen molar-refractivity contribution >= 4 is 97.4 Å². The third-order valence-corrected chi connectivity index (χ3v) is 13.0. The van der Waals surface area contributed by atoms with Crippen molar-refractivity contribution in [2.45, 2.75) is 43.9 Å². The van der Waals surface area contributed by atoms with Crippen molar-refractivity contribution in [3.63, 3.8) is 0 Å². The first-order chi connectivity index (χ1) is 32.1. The van der Waals surface area contributed by atoms with Crippen molar-refractivity contribution in [1.82, 2.24) is 0 Å². The molecule has 0 radical (unpaired) electrons. The average Bonchev–Trinajstić information content (AvgIpc) is 3.27. The van der Waals surface area contributed by atoms with E-state index in [2.05, 4.69) is 36.0 Å². The number of phenolic OH excluding ortho intramolecular Hbond substituents is 1. The number of anilines is 2. The molecule has 0 spiro atoms. The van der Waals surface area contributed by atoms with Gasteiger partial charge in [-0.15, -0.1) is 5.11 Å². The van der Waals surface area contributed by atoms with Crippen LogP contribution in [0.2, 0.25) is 0 Å². The summed E-state index contributed by atoms with van der Waals surface area (Å²) in [6.07, 6.45) is -0.0819. The molecule has 352 valence electrons. The van der Waals surface area contributed by atoms with Crippen LogP contribution < -0.4 is 14.8 Å². The van der Waals surface area contributed by atoms with E-state index in [1.54, 1.807) is 106 Å². The topological polar surface area (TPSA) is 288 Å². The Kier molecular flexibility index (Phi) is 14.0. The number of ether oxygens (including phenoxy) is 2. The molecule has 0 aliphatic rings. The number of benzene rings is 7. The minimum atomic E-state index is -4.87. The standard InChI is InChI=1S/C46H43N7O12S3/c1-26-18-40(27(2)17-39(26)49-48-34-8-7-30-22-36(67(58,59)60)25-43(38(30)24-34)65-15-6-16-66(55,56)57)50-51-41-19-29(4)42(20-28(41)3)52-53-45-44(68(61,62)63)23-31-21-33(11-14-37(31)46(45)54)47-32-9-12-35(64-5)13-10-32/h7-14,17-25,47,54H,6,15-16H2,1-5H3,(H,55,56,57)(H,58,59,60)(H,61,62,63). The number of aryl methyl sites for hydroxylation is 4. The summed E-state index contributed by atoms with van der Waals surface area (Å²) in [5.74, 6) is -0.341. The van der Waals surface area contributed by atoms with Crippen molar-refractivity contribution < 1.29 is 53.5 Å². The van der Waals surface area contributed by atoms with E-state index in [0.29, 0.717) is 72.7 Å². The molecule has 7 aromatic carbocycles. The molecule has 0 atom stereocenters. The van der Waals surface area contributed by atoms with Gasteiger partial charge in [0.15, 0.2) is 5.75 Å². The number of aromatic hydroxyl groups is 1. The van der Waals surface area contributed by atoms with Gasteiger partial charge in [0.2, 0.25) is 0 Å². The number of hydrogen-bond acceptors (Lipinski definition) is 16. The largest absolute Gasteiger partial charge is 0.505 e. The van der Waals surface area contributed by atoms with E-state index in [1.807, 2.05) is 13.8 Å².